The van der Waals surface area contributed by atoms with Crippen molar-refractivity contribution in [1.29, 1.82) is 0 Å². The van der Waals surface area contributed by atoms with Crippen molar-refractivity contribution in [3.05, 3.63) is 87.6 Å². The van der Waals surface area contributed by atoms with Crippen LogP contribution in [0.15, 0.2) is 63.9 Å². The Balaban J connectivity index is 0.00000167. The SMILES string of the molecule is CC.Cc1ccc(C(=O)N(C)C(C)c2ccc(F)c(C)c2)c(NS(=O)C2=CC=CC3=NSNC23)c1. The minimum Gasteiger partial charge on any atom is -0.335 e. The van der Waals surface area contributed by atoms with E-state index in [4.69, 9.17) is 0 Å². The van der Waals surface area contributed by atoms with E-state index in [9.17, 15) is 13.4 Å². The Hall–Kier alpha value is -2.75. The van der Waals surface area contributed by atoms with Gasteiger partial charge in [-0.3, -0.25) is 4.79 Å². The second-order valence-corrected chi connectivity index (χ2v) is 9.92. The fourth-order valence-electron chi connectivity index (χ4n) is 3.69. The van der Waals surface area contributed by atoms with Crippen LogP contribution in [0.1, 0.15) is 53.9 Å². The van der Waals surface area contributed by atoms with Gasteiger partial charge < -0.3 is 9.62 Å². The third kappa shape index (κ3) is 5.91. The number of aryl methyl sites for hydroxylation is 2. The standard InChI is InChI=1S/C24H25FN4O2S2.C2H6/c1-14-8-10-18(24(30)29(4)16(3)17-9-11-19(25)15(2)13-17)21(12-14)28-33(31)22-7-5-6-20-23(22)27-32-26-20;1-2/h5-13,16,23,27-28H,1-4H3;1-2H3. The molecule has 186 valence electrons. The van der Waals surface area contributed by atoms with Crippen LogP contribution < -0.4 is 9.44 Å². The summed E-state index contributed by atoms with van der Waals surface area (Å²) in [5, 5.41) is 0. The predicted molar refractivity (Wildman–Crippen MR) is 145 cm³/mol. The summed E-state index contributed by atoms with van der Waals surface area (Å²) < 4.78 is 37.4. The topological polar surface area (TPSA) is 73.8 Å². The van der Waals surface area contributed by atoms with Crippen molar-refractivity contribution in [2.75, 3.05) is 11.8 Å². The van der Waals surface area contributed by atoms with Gasteiger partial charge in [0.1, 0.15) is 16.8 Å². The minimum absolute atomic E-state index is 0.224. The van der Waals surface area contributed by atoms with Gasteiger partial charge >= 0.3 is 0 Å². The summed E-state index contributed by atoms with van der Waals surface area (Å²) in [4.78, 5) is 15.7. The van der Waals surface area contributed by atoms with Gasteiger partial charge in [-0.2, -0.15) is 0 Å². The zero-order chi connectivity index (χ0) is 25.7. The van der Waals surface area contributed by atoms with E-state index in [1.54, 1.807) is 43.1 Å². The van der Waals surface area contributed by atoms with Gasteiger partial charge in [0.15, 0.2) is 0 Å². The predicted octanol–water partition coefficient (Wildman–Crippen LogP) is 5.81. The summed E-state index contributed by atoms with van der Waals surface area (Å²) in [6.45, 7) is 9.51. The van der Waals surface area contributed by atoms with Crippen molar-refractivity contribution in [1.82, 2.24) is 9.62 Å². The van der Waals surface area contributed by atoms with Crippen molar-refractivity contribution in [3.63, 3.8) is 0 Å². The molecule has 1 heterocycles. The third-order valence-corrected chi connectivity index (χ3v) is 7.67. The largest absolute Gasteiger partial charge is 0.335 e. The van der Waals surface area contributed by atoms with Crippen molar-refractivity contribution in [2.24, 2.45) is 4.40 Å². The number of allylic oxidation sites excluding steroid dienone is 2. The lowest BCUT2D eigenvalue weighted by atomic mass is 10.0. The van der Waals surface area contributed by atoms with Crippen LogP contribution in [0.3, 0.4) is 0 Å². The summed E-state index contributed by atoms with van der Waals surface area (Å²) in [6, 6.07) is 9.75. The Morgan fingerprint density at radius 2 is 1.97 bits per heavy atom. The maximum absolute atomic E-state index is 13.7. The third-order valence-electron chi connectivity index (χ3n) is 5.82. The zero-order valence-electron chi connectivity index (χ0n) is 20.8. The molecule has 1 aliphatic carbocycles. The second kappa shape index (κ2) is 11.8. The van der Waals surface area contributed by atoms with Crippen molar-refractivity contribution in [3.8, 4) is 0 Å². The fourth-order valence-corrected chi connectivity index (χ4v) is 5.52. The van der Waals surface area contributed by atoms with Crippen LogP contribution in [-0.4, -0.2) is 33.8 Å². The summed E-state index contributed by atoms with van der Waals surface area (Å²) >= 11 is 1.22. The molecule has 35 heavy (non-hydrogen) atoms. The smallest absolute Gasteiger partial charge is 0.256 e. The van der Waals surface area contributed by atoms with Crippen LogP contribution in [0.5, 0.6) is 0 Å². The molecule has 3 atom stereocenters. The lowest BCUT2D eigenvalue weighted by molar-refractivity contribution is 0.0743. The Bertz CT molecular complexity index is 1230. The molecule has 0 radical (unpaired) electrons. The van der Waals surface area contributed by atoms with E-state index < -0.39 is 11.0 Å². The molecule has 0 saturated carbocycles. The lowest BCUT2D eigenvalue weighted by Gasteiger charge is -2.27. The molecule has 0 fully saturated rings. The van der Waals surface area contributed by atoms with Crippen molar-refractivity contribution >= 4 is 40.4 Å². The number of hydrogen-bond acceptors (Lipinski definition) is 5. The molecule has 2 aromatic carbocycles. The molecule has 1 aliphatic heterocycles. The first-order chi connectivity index (χ1) is 16.8. The summed E-state index contributed by atoms with van der Waals surface area (Å²) in [7, 11) is 0.133. The highest BCUT2D eigenvalue weighted by Crippen LogP contribution is 2.29. The number of hydrogen-bond donors (Lipinski definition) is 2. The van der Waals surface area contributed by atoms with E-state index in [1.807, 2.05) is 52.0 Å². The normalized spacial score (nSPS) is 17.9. The van der Waals surface area contributed by atoms with E-state index in [0.29, 0.717) is 21.7 Å². The van der Waals surface area contributed by atoms with Crippen LogP contribution in [0.25, 0.3) is 0 Å². The first kappa shape index (κ1) is 26.8. The summed E-state index contributed by atoms with van der Waals surface area (Å²) in [5.41, 5.74) is 4.03. The number of nitrogens with one attached hydrogen (secondary N) is 2. The maximum atomic E-state index is 13.7. The van der Waals surface area contributed by atoms with Crippen LogP contribution in [-0.2, 0) is 11.0 Å². The van der Waals surface area contributed by atoms with Crippen LogP contribution in [0.4, 0.5) is 10.1 Å². The zero-order valence-corrected chi connectivity index (χ0v) is 22.4. The molecule has 6 nitrogen and oxygen atoms in total. The van der Waals surface area contributed by atoms with Crippen LogP contribution >= 0.6 is 12.1 Å². The quantitative estimate of drug-likeness (QED) is 0.478. The molecule has 9 heteroatoms. The van der Waals surface area contributed by atoms with Gasteiger partial charge in [0.25, 0.3) is 5.91 Å². The Kier molecular flexibility index (Phi) is 9.04. The van der Waals surface area contributed by atoms with Crippen LogP contribution in [0.2, 0.25) is 0 Å². The molecular formula is C26H31FN4O2S2. The number of anilines is 1. The number of amides is 1. The highest BCUT2D eigenvalue weighted by molar-refractivity contribution is 7.96. The molecule has 4 rings (SSSR count). The van der Waals surface area contributed by atoms with Crippen LogP contribution in [0, 0.1) is 19.7 Å². The molecule has 2 N–H and O–H groups in total. The number of carbonyl (C=O) groups is 1. The Labute approximate surface area is 213 Å². The average molecular weight is 515 g/mol. The van der Waals surface area contributed by atoms with Crippen molar-refractivity contribution in [2.45, 2.75) is 46.7 Å². The molecule has 0 bridgehead atoms. The van der Waals surface area contributed by atoms with Crippen molar-refractivity contribution < 1.29 is 13.4 Å². The van der Waals surface area contributed by atoms with Gasteiger partial charge in [-0.05, 0) is 67.8 Å². The van der Waals surface area contributed by atoms with E-state index in [0.717, 1.165) is 16.8 Å². The van der Waals surface area contributed by atoms with Gasteiger partial charge in [-0.25, -0.2) is 17.7 Å². The van der Waals surface area contributed by atoms with E-state index in [1.165, 1.54) is 18.2 Å². The second-order valence-electron chi connectivity index (χ2n) is 8.11. The number of benzene rings is 2. The first-order valence-electron chi connectivity index (χ1n) is 11.5. The summed E-state index contributed by atoms with van der Waals surface area (Å²) in [6.07, 6.45) is 5.50. The molecule has 0 saturated heterocycles. The Morgan fingerprint density at radius 1 is 1.23 bits per heavy atom. The van der Waals surface area contributed by atoms with Gasteiger partial charge in [0.2, 0.25) is 0 Å². The molecule has 1 amide bonds. The molecule has 3 unspecified atom stereocenters. The molecule has 0 aromatic heterocycles. The monoisotopic (exact) mass is 514 g/mol. The van der Waals surface area contributed by atoms with E-state index in [-0.39, 0.29) is 23.8 Å². The number of carbonyl (C=O) groups excluding carboxylic acids is 1. The van der Waals surface area contributed by atoms with E-state index in [2.05, 4.69) is 13.8 Å². The highest BCUT2D eigenvalue weighted by Gasteiger charge is 2.30. The number of fused-ring (bicyclic) bond motifs is 1. The molecule has 0 spiro atoms. The fraction of sp³-hybridized carbons (Fsp3) is 0.308. The highest BCUT2D eigenvalue weighted by atomic mass is 32.2. The van der Waals surface area contributed by atoms with Gasteiger partial charge in [0.05, 0.1) is 46.1 Å². The Morgan fingerprint density at radius 3 is 2.69 bits per heavy atom. The average Bonchev–Trinajstić information content (AvgIpc) is 3.35. The number of rotatable bonds is 6. The van der Waals surface area contributed by atoms with E-state index >= 15 is 0 Å². The number of nitrogens with zero attached hydrogens (tertiary/aromatic N) is 2. The molecule has 2 aromatic rings. The summed E-state index contributed by atoms with van der Waals surface area (Å²) in [5.74, 6) is -0.499. The van der Waals surface area contributed by atoms with Gasteiger partial charge in [-0.1, -0.05) is 38.1 Å². The molecular weight excluding hydrogens is 483 g/mol. The van der Waals surface area contributed by atoms with Gasteiger partial charge in [0, 0.05) is 7.05 Å². The van der Waals surface area contributed by atoms with Gasteiger partial charge in [-0.15, -0.1) is 0 Å². The maximum Gasteiger partial charge on any atom is 0.256 e. The minimum atomic E-state index is -1.58. The lowest BCUT2D eigenvalue weighted by Crippen LogP contribution is -2.34. The molecule has 2 aliphatic rings. The first-order valence-corrected chi connectivity index (χ1v) is 13.4. The number of halogens is 1.